The van der Waals surface area contributed by atoms with Crippen molar-refractivity contribution < 1.29 is 14.3 Å². The number of allylic oxidation sites excluding steroid dienone is 1. The van der Waals surface area contributed by atoms with E-state index in [4.69, 9.17) is 4.42 Å². The molecule has 1 heterocycles. The van der Waals surface area contributed by atoms with Gasteiger partial charge in [0.25, 0.3) is 0 Å². The van der Waals surface area contributed by atoms with Crippen molar-refractivity contribution in [3.8, 4) is 5.75 Å². The van der Waals surface area contributed by atoms with E-state index in [1.54, 1.807) is 38.2 Å². The predicted octanol–water partition coefficient (Wildman–Crippen LogP) is 2.63. The lowest BCUT2D eigenvalue weighted by Crippen LogP contribution is -2.05. The highest BCUT2D eigenvalue weighted by molar-refractivity contribution is 6.09. The summed E-state index contributed by atoms with van der Waals surface area (Å²) in [7, 11) is 3.61. The van der Waals surface area contributed by atoms with Crippen molar-refractivity contribution in [2.24, 2.45) is 0 Å². The van der Waals surface area contributed by atoms with Gasteiger partial charge in [-0.2, -0.15) is 0 Å². The Hall–Kier alpha value is -2.56. The minimum Gasteiger partial charge on any atom is -0.507 e. The fourth-order valence-electron chi connectivity index (χ4n) is 2.30. The highest BCUT2D eigenvalue weighted by atomic mass is 16.4. The zero-order valence-corrected chi connectivity index (χ0v) is 13.1. The standard InChI is InChI=1S/C17H19NO4/c1-5-11-8-15(20)22-17-10(2)16(21)13(9-12(11)17)14(19)6-7-18(3)4/h6-9,21H,5H2,1-4H3/b7-6+. The molecule has 116 valence electrons. The van der Waals surface area contributed by atoms with Crippen molar-refractivity contribution in [2.75, 3.05) is 14.1 Å². The number of ketones is 1. The number of fused-ring (bicyclic) bond motifs is 1. The van der Waals surface area contributed by atoms with Crippen LogP contribution in [0.5, 0.6) is 5.75 Å². The third-order valence-electron chi connectivity index (χ3n) is 3.50. The molecule has 0 bridgehead atoms. The van der Waals surface area contributed by atoms with E-state index >= 15 is 0 Å². The van der Waals surface area contributed by atoms with Gasteiger partial charge in [-0.3, -0.25) is 4.79 Å². The number of nitrogens with zero attached hydrogens (tertiary/aromatic N) is 1. The van der Waals surface area contributed by atoms with Crippen LogP contribution in [0.3, 0.4) is 0 Å². The van der Waals surface area contributed by atoms with Crippen LogP contribution >= 0.6 is 0 Å². The molecule has 0 aliphatic rings. The molecule has 2 aromatic rings. The molecule has 5 nitrogen and oxygen atoms in total. The second-order valence-corrected chi connectivity index (χ2v) is 5.36. The largest absolute Gasteiger partial charge is 0.507 e. The van der Waals surface area contributed by atoms with E-state index in [9.17, 15) is 14.7 Å². The molecular formula is C17H19NO4. The summed E-state index contributed by atoms with van der Waals surface area (Å²) < 4.78 is 5.20. The van der Waals surface area contributed by atoms with Crippen LogP contribution in [-0.4, -0.2) is 29.9 Å². The van der Waals surface area contributed by atoms with E-state index in [2.05, 4.69) is 0 Å². The molecule has 5 heteroatoms. The van der Waals surface area contributed by atoms with Crippen molar-refractivity contribution >= 4 is 16.8 Å². The first-order valence-electron chi connectivity index (χ1n) is 7.03. The maximum Gasteiger partial charge on any atom is 0.336 e. The molecule has 1 N–H and O–H groups in total. The van der Waals surface area contributed by atoms with Crippen molar-refractivity contribution in [3.05, 3.63) is 51.5 Å². The van der Waals surface area contributed by atoms with Gasteiger partial charge in [0, 0.05) is 43.4 Å². The number of phenolic OH excluding ortho intramolecular Hbond substituents is 1. The van der Waals surface area contributed by atoms with Crippen molar-refractivity contribution in [1.82, 2.24) is 4.90 Å². The molecule has 22 heavy (non-hydrogen) atoms. The maximum atomic E-state index is 12.3. The molecule has 0 amide bonds. The third-order valence-corrected chi connectivity index (χ3v) is 3.50. The minimum atomic E-state index is -0.460. The van der Waals surface area contributed by atoms with E-state index in [1.807, 2.05) is 6.92 Å². The van der Waals surface area contributed by atoms with Crippen molar-refractivity contribution in [3.63, 3.8) is 0 Å². The van der Waals surface area contributed by atoms with Crippen molar-refractivity contribution in [1.29, 1.82) is 0 Å². The summed E-state index contributed by atoms with van der Waals surface area (Å²) in [5, 5.41) is 10.9. The average molecular weight is 301 g/mol. The number of phenols is 1. The highest BCUT2D eigenvalue weighted by Crippen LogP contribution is 2.32. The van der Waals surface area contributed by atoms with Gasteiger partial charge in [-0.25, -0.2) is 4.79 Å². The van der Waals surface area contributed by atoms with Gasteiger partial charge in [0.2, 0.25) is 0 Å². The first-order valence-corrected chi connectivity index (χ1v) is 7.03. The summed E-state index contributed by atoms with van der Waals surface area (Å²) in [6, 6.07) is 3.00. The SMILES string of the molecule is CCc1cc(=O)oc2c(C)c(O)c(C(=O)/C=C/N(C)C)cc12. The van der Waals surface area contributed by atoms with Gasteiger partial charge < -0.3 is 14.4 Å². The van der Waals surface area contributed by atoms with Gasteiger partial charge in [-0.1, -0.05) is 6.92 Å². The number of carbonyl (C=O) groups is 1. The number of hydrogen-bond donors (Lipinski definition) is 1. The van der Waals surface area contributed by atoms with Gasteiger partial charge >= 0.3 is 5.63 Å². The molecule has 0 unspecified atom stereocenters. The molecule has 0 spiro atoms. The maximum absolute atomic E-state index is 12.3. The lowest BCUT2D eigenvalue weighted by Gasteiger charge is -2.11. The summed E-state index contributed by atoms with van der Waals surface area (Å²) >= 11 is 0. The normalized spacial score (nSPS) is 11.3. The van der Waals surface area contributed by atoms with Crippen LogP contribution in [0.1, 0.15) is 28.4 Å². The fourth-order valence-corrected chi connectivity index (χ4v) is 2.30. The Morgan fingerprint density at radius 1 is 1.36 bits per heavy atom. The molecule has 1 aromatic heterocycles. The Bertz CT molecular complexity index is 815. The van der Waals surface area contributed by atoms with Gasteiger partial charge in [0.05, 0.1) is 5.56 Å². The zero-order chi connectivity index (χ0) is 16.4. The molecule has 0 saturated heterocycles. The third kappa shape index (κ3) is 2.88. The number of hydrogen-bond acceptors (Lipinski definition) is 5. The van der Waals surface area contributed by atoms with Crippen LogP contribution in [0.2, 0.25) is 0 Å². The lowest BCUT2D eigenvalue weighted by molar-refractivity contribution is 0.104. The number of benzene rings is 1. The van der Waals surface area contributed by atoms with Crippen LogP contribution in [-0.2, 0) is 6.42 Å². The monoisotopic (exact) mass is 301 g/mol. The van der Waals surface area contributed by atoms with Gasteiger partial charge in [0.1, 0.15) is 11.3 Å². The summed E-state index contributed by atoms with van der Waals surface area (Å²) in [6.07, 6.45) is 3.64. The number of aromatic hydroxyl groups is 1. The molecule has 0 aliphatic heterocycles. The van der Waals surface area contributed by atoms with Crippen LogP contribution < -0.4 is 5.63 Å². The summed E-state index contributed by atoms with van der Waals surface area (Å²) in [5.74, 6) is -0.457. The molecule has 2 rings (SSSR count). The van der Waals surface area contributed by atoms with E-state index in [0.717, 1.165) is 5.56 Å². The molecule has 1 aromatic carbocycles. The van der Waals surface area contributed by atoms with E-state index in [-0.39, 0.29) is 17.1 Å². The molecule has 0 saturated carbocycles. The van der Waals surface area contributed by atoms with Gasteiger partial charge in [-0.05, 0) is 25.0 Å². The lowest BCUT2D eigenvalue weighted by atomic mass is 9.98. The van der Waals surface area contributed by atoms with Crippen LogP contribution in [0.4, 0.5) is 0 Å². The number of aryl methyl sites for hydroxylation is 2. The predicted molar refractivity (Wildman–Crippen MR) is 85.4 cm³/mol. The summed E-state index contributed by atoms with van der Waals surface area (Å²) in [4.78, 5) is 25.6. The Kier molecular flexibility index (Phi) is 4.35. The first kappa shape index (κ1) is 15.8. The van der Waals surface area contributed by atoms with Crippen LogP contribution in [0.25, 0.3) is 11.0 Å². The topological polar surface area (TPSA) is 70.7 Å². The smallest absolute Gasteiger partial charge is 0.336 e. The summed E-state index contributed by atoms with van der Waals surface area (Å²) in [5.41, 5.74) is 1.26. The van der Waals surface area contributed by atoms with E-state index < -0.39 is 5.63 Å². The molecule has 0 atom stereocenters. The Balaban J connectivity index is 2.72. The zero-order valence-electron chi connectivity index (χ0n) is 13.1. The molecule has 0 fully saturated rings. The first-order chi connectivity index (χ1) is 10.3. The van der Waals surface area contributed by atoms with Gasteiger partial charge in [0.15, 0.2) is 5.78 Å². The van der Waals surface area contributed by atoms with Gasteiger partial charge in [-0.15, -0.1) is 0 Å². The summed E-state index contributed by atoms with van der Waals surface area (Å²) in [6.45, 7) is 3.55. The number of carbonyl (C=O) groups excluding carboxylic acids is 1. The Labute approximate surface area is 128 Å². The number of rotatable bonds is 4. The fraction of sp³-hybridized carbons (Fsp3) is 0.294. The molecule has 0 aliphatic carbocycles. The van der Waals surface area contributed by atoms with Crippen molar-refractivity contribution in [2.45, 2.75) is 20.3 Å². The van der Waals surface area contributed by atoms with Crippen LogP contribution in [0.15, 0.2) is 33.6 Å². The van der Waals surface area contributed by atoms with E-state index in [0.29, 0.717) is 23.0 Å². The second-order valence-electron chi connectivity index (χ2n) is 5.36. The molecular weight excluding hydrogens is 282 g/mol. The van der Waals surface area contributed by atoms with Crippen LogP contribution in [0, 0.1) is 6.92 Å². The van der Waals surface area contributed by atoms with E-state index in [1.165, 1.54) is 12.1 Å². The average Bonchev–Trinajstić information content (AvgIpc) is 2.48. The molecule has 0 radical (unpaired) electrons. The second kappa shape index (κ2) is 6.05. The Morgan fingerprint density at radius 2 is 2.05 bits per heavy atom. The Morgan fingerprint density at radius 3 is 2.64 bits per heavy atom. The quantitative estimate of drug-likeness (QED) is 0.534. The minimum absolute atomic E-state index is 0.155. The highest BCUT2D eigenvalue weighted by Gasteiger charge is 2.17.